The molecule has 0 saturated carbocycles. The normalized spacial score (nSPS) is 13.2. The van der Waals surface area contributed by atoms with Crippen molar-refractivity contribution in [1.29, 1.82) is 0 Å². The van der Waals surface area contributed by atoms with Gasteiger partial charge in [-0.05, 0) is 30.0 Å². The van der Waals surface area contributed by atoms with E-state index in [1.54, 1.807) is 36.5 Å². The highest BCUT2D eigenvalue weighted by Crippen LogP contribution is 2.19. The van der Waals surface area contributed by atoms with Crippen LogP contribution in [-0.2, 0) is 36.8 Å². The summed E-state index contributed by atoms with van der Waals surface area (Å²) in [6, 6.07) is 13.0. The van der Waals surface area contributed by atoms with Gasteiger partial charge in [0.2, 0.25) is 23.6 Å². The molecule has 0 spiro atoms. The van der Waals surface area contributed by atoms with Crippen LogP contribution in [0.2, 0.25) is 0 Å². The number of para-hydroxylation sites is 1. The number of carboxylic acid groups (broad SMARTS) is 1. The molecular weight excluding hydrogens is 504 g/mol. The first-order valence-corrected chi connectivity index (χ1v) is 12.4. The van der Waals surface area contributed by atoms with Crippen molar-refractivity contribution >= 4 is 40.5 Å². The molecule has 0 bridgehead atoms. The number of H-pyrrole nitrogens is 1. The quantitative estimate of drug-likeness (QED) is 0.146. The van der Waals surface area contributed by atoms with Gasteiger partial charge in [0.25, 0.3) is 0 Å². The van der Waals surface area contributed by atoms with E-state index in [0.717, 1.165) is 16.5 Å². The average molecular weight is 537 g/mol. The largest absolute Gasteiger partial charge is 0.480 e. The number of fused-ring (bicyclic) bond motifs is 1. The Labute approximate surface area is 224 Å². The number of hydrogen-bond acceptors (Lipinski definition) is 6. The first-order valence-electron chi connectivity index (χ1n) is 12.4. The molecule has 3 aromatic rings. The van der Waals surface area contributed by atoms with Crippen LogP contribution in [0.1, 0.15) is 24.0 Å². The molecule has 0 aliphatic rings. The number of aromatic nitrogens is 1. The Balaban J connectivity index is 1.72. The van der Waals surface area contributed by atoms with Crippen molar-refractivity contribution in [1.82, 2.24) is 20.9 Å². The summed E-state index contributed by atoms with van der Waals surface area (Å²) >= 11 is 0. The second kappa shape index (κ2) is 13.7. The Morgan fingerprint density at radius 2 is 1.51 bits per heavy atom. The van der Waals surface area contributed by atoms with Crippen LogP contribution in [0.5, 0.6) is 0 Å². The Hall–Kier alpha value is -4.71. The van der Waals surface area contributed by atoms with Crippen molar-refractivity contribution < 1.29 is 29.1 Å². The van der Waals surface area contributed by atoms with Crippen LogP contribution in [0.3, 0.4) is 0 Å². The van der Waals surface area contributed by atoms with Gasteiger partial charge in [0, 0.05) is 29.9 Å². The number of amides is 4. The van der Waals surface area contributed by atoms with Gasteiger partial charge < -0.3 is 37.5 Å². The van der Waals surface area contributed by atoms with Crippen LogP contribution >= 0.6 is 0 Å². The summed E-state index contributed by atoms with van der Waals surface area (Å²) < 4.78 is 0. The Morgan fingerprint density at radius 3 is 2.21 bits per heavy atom. The summed E-state index contributed by atoms with van der Waals surface area (Å²) in [5.74, 6) is -4.00. The van der Waals surface area contributed by atoms with E-state index < -0.39 is 54.3 Å². The van der Waals surface area contributed by atoms with E-state index in [9.17, 15) is 24.0 Å². The van der Waals surface area contributed by atoms with Crippen molar-refractivity contribution in [2.75, 3.05) is 6.54 Å². The maximum atomic E-state index is 13.2. The van der Waals surface area contributed by atoms with Gasteiger partial charge in [0.15, 0.2) is 0 Å². The van der Waals surface area contributed by atoms with Crippen LogP contribution in [-0.4, -0.2) is 64.4 Å². The zero-order chi connectivity index (χ0) is 28.4. The molecule has 206 valence electrons. The van der Waals surface area contributed by atoms with Gasteiger partial charge in [-0.15, -0.1) is 0 Å². The lowest BCUT2D eigenvalue weighted by molar-refractivity contribution is -0.138. The lowest BCUT2D eigenvalue weighted by atomic mass is 10.0. The number of carbonyl (C=O) groups is 5. The Morgan fingerprint density at radius 1 is 0.846 bits per heavy atom. The zero-order valence-corrected chi connectivity index (χ0v) is 21.2. The van der Waals surface area contributed by atoms with Crippen LogP contribution in [0.4, 0.5) is 0 Å². The number of aromatic amines is 1. The molecule has 0 saturated heterocycles. The molecule has 0 radical (unpaired) electrons. The second-order valence-corrected chi connectivity index (χ2v) is 9.10. The zero-order valence-electron chi connectivity index (χ0n) is 21.2. The first kappa shape index (κ1) is 28.9. The van der Waals surface area contributed by atoms with Crippen LogP contribution in [0.15, 0.2) is 60.8 Å². The van der Waals surface area contributed by atoms with Crippen molar-refractivity contribution in [3.05, 3.63) is 71.9 Å². The fourth-order valence-corrected chi connectivity index (χ4v) is 4.08. The molecule has 0 fully saturated rings. The van der Waals surface area contributed by atoms with E-state index in [2.05, 4.69) is 20.9 Å². The maximum Gasteiger partial charge on any atom is 0.322 e. The molecule has 0 aliphatic heterocycles. The molecule has 3 atom stereocenters. The number of benzene rings is 2. The summed E-state index contributed by atoms with van der Waals surface area (Å²) in [7, 11) is 0. The van der Waals surface area contributed by atoms with Gasteiger partial charge >= 0.3 is 5.97 Å². The van der Waals surface area contributed by atoms with Gasteiger partial charge in [-0.1, -0.05) is 48.5 Å². The monoisotopic (exact) mass is 536 g/mol. The lowest BCUT2D eigenvalue weighted by Crippen LogP contribution is -2.56. The van der Waals surface area contributed by atoms with Crippen LogP contribution in [0.25, 0.3) is 10.9 Å². The van der Waals surface area contributed by atoms with Crippen molar-refractivity contribution in [2.45, 2.75) is 43.8 Å². The van der Waals surface area contributed by atoms with Crippen LogP contribution < -0.4 is 27.4 Å². The smallest absolute Gasteiger partial charge is 0.322 e. The highest BCUT2D eigenvalue weighted by atomic mass is 16.4. The van der Waals surface area contributed by atoms with Gasteiger partial charge in [-0.3, -0.25) is 24.0 Å². The summed E-state index contributed by atoms with van der Waals surface area (Å²) in [5.41, 5.74) is 13.8. The maximum absolute atomic E-state index is 13.2. The third kappa shape index (κ3) is 8.68. The molecule has 4 amide bonds. The summed E-state index contributed by atoms with van der Waals surface area (Å²) in [6.45, 7) is -0.634. The predicted molar refractivity (Wildman–Crippen MR) is 143 cm³/mol. The third-order valence-corrected chi connectivity index (χ3v) is 6.09. The Bertz CT molecular complexity index is 1320. The molecule has 3 rings (SSSR count). The number of primary amides is 1. The topological polar surface area (TPSA) is 209 Å². The molecule has 0 aliphatic carbocycles. The minimum atomic E-state index is -1.25. The van der Waals surface area contributed by atoms with Gasteiger partial charge in [-0.25, -0.2) is 0 Å². The van der Waals surface area contributed by atoms with E-state index in [-0.39, 0.29) is 25.7 Å². The molecule has 12 heteroatoms. The highest BCUT2D eigenvalue weighted by molar-refractivity contribution is 5.94. The average Bonchev–Trinajstić information content (AvgIpc) is 3.32. The molecule has 1 heterocycles. The SMILES string of the molecule is NC(=O)CCC(NC(=O)C(N)Cc1c[nH]c2ccccc12)C(=O)NC(Cc1ccccc1)C(=O)NCC(=O)O. The summed E-state index contributed by atoms with van der Waals surface area (Å²) in [4.78, 5) is 64.4. The standard InChI is InChI=1S/C27H32N6O6/c28-19(13-17-14-30-20-9-5-4-8-18(17)20)25(37)32-21(10-11-23(29)34)27(39)33-22(26(38)31-15-24(35)36)12-16-6-2-1-3-7-16/h1-9,14,19,21-22,30H,10-13,15,28H2,(H2,29,34)(H,31,38)(H,32,37)(H,33,39)(H,35,36). The van der Waals surface area contributed by atoms with Crippen LogP contribution in [0, 0.1) is 0 Å². The minimum absolute atomic E-state index is 0.0641. The highest BCUT2D eigenvalue weighted by Gasteiger charge is 2.29. The number of carboxylic acids is 1. The van der Waals surface area contributed by atoms with E-state index in [1.807, 2.05) is 24.3 Å². The predicted octanol–water partition coefficient (Wildman–Crippen LogP) is -0.284. The molecule has 39 heavy (non-hydrogen) atoms. The lowest BCUT2D eigenvalue weighted by Gasteiger charge is -2.24. The minimum Gasteiger partial charge on any atom is -0.480 e. The number of aliphatic carboxylic acids is 1. The van der Waals surface area contributed by atoms with E-state index in [1.165, 1.54) is 0 Å². The number of nitrogens with one attached hydrogen (secondary N) is 4. The summed E-state index contributed by atoms with van der Waals surface area (Å²) in [6.07, 6.45) is 1.69. The molecule has 3 unspecified atom stereocenters. The fourth-order valence-electron chi connectivity index (χ4n) is 4.08. The molecule has 12 nitrogen and oxygen atoms in total. The van der Waals surface area contributed by atoms with Gasteiger partial charge in [0.05, 0.1) is 6.04 Å². The number of hydrogen-bond donors (Lipinski definition) is 7. The van der Waals surface area contributed by atoms with E-state index >= 15 is 0 Å². The third-order valence-electron chi connectivity index (χ3n) is 6.09. The number of carbonyl (C=O) groups excluding carboxylic acids is 4. The second-order valence-electron chi connectivity index (χ2n) is 9.10. The molecule has 2 aromatic carbocycles. The van der Waals surface area contributed by atoms with Crippen molar-refractivity contribution in [3.63, 3.8) is 0 Å². The van der Waals surface area contributed by atoms with E-state index in [4.69, 9.17) is 16.6 Å². The number of rotatable bonds is 14. The van der Waals surface area contributed by atoms with Gasteiger partial charge in [-0.2, -0.15) is 0 Å². The molecule has 1 aromatic heterocycles. The van der Waals surface area contributed by atoms with E-state index in [0.29, 0.717) is 5.56 Å². The van der Waals surface area contributed by atoms with Gasteiger partial charge in [0.1, 0.15) is 18.6 Å². The fraction of sp³-hybridized carbons (Fsp3) is 0.296. The molecular formula is C27H32N6O6. The summed E-state index contributed by atoms with van der Waals surface area (Å²) in [5, 5.41) is 17.2. The molecule has 9 N–H and O–H groups in total. The van der Waals surface area contributed by atoms with Crippen molar-refractivity contribution in [3.8, 4) is 0 Å². The van der Waals surface area contributed by atoms with Crippen molar-refractivity contribution in [2.24, 2.45) is 11.5 Å². The first-order chi connectivity index (χ1) is 18.6. The Kier molecular flexibility index (Phi) is 10.2. The number of nitrogens with two attached hydrogens (primary N) is 2.